The smallest absolute Gasteiger partial charge is 0.205 e. The van der Waals surface area contributed by atoms with E-state index in [-0.39, 0.29) is 0 Å². The first kappa shape index (κ1) is 15.9. The fourth-order valence-corrected chi connectivity index (χ4v) is 2.99. The van der Waals surface area contributed by atoms with Crippen molar-refractivity contribution in [2.24, 2.45) is 0 Å². The number of hydrogen-bond donors (Lipinski definition) is 1. The number of aromatic nitrogens is 4. The Morgan fingerprint density at radius 2 is 2.04 bits per heavy atom. The second-order valence-electron chi connectivity index (χ2n) is 5.99. The van der Waals surface area contributed by atoms with Crippen LogP contribution >= 0.6 is 11.5 Å². The van der Waals surface area contributed by atoms with Gasteiger partial charge in [0.05, 0.1) is 11.0 Å². The van der Waals surface area contributed by atoms with Crippen LogP contribution in [0.4, 0.5) is 5.13 Å². The van der Waals surface area contributed by atoms with Gasteiger partial charge in [-0.3, -0.25) is 0 Å². The highest BCUT2D eigenvalue weighted by atomic mass is 32.1. The van der Waals surface area contributed by atoms with E-state index in [0.717, 1.165) is 40.8 Å². The van der Waals surface area contributed by atoms with E-state index in [9.17, 15) is 0 Å². The summed E-state index contributed by atoms with van der Waals surface area (Å²) in [6, 6.07) is 8.07. The zero-order valence-electron chi connectivity index (χ0n) is 13.8. The lowest BCUT2D eigenvalue weighted by Crippen LogP contribution is -2.23. The van der Waals surface area contributed by atoms with Crippen molar-refractivity contribution in [2.45, 2.75) is 25.9 Å². The third-order valence-electron chi connectivity index (χ3n) is 3.91. The van der Waals surface area contributed by atoms with Crippen LogP contribution in [0.2, 0.25) is 0 Å². The molecule has 2 aromatic heterocycles. The Morgan fingerprint density at radius 3 is 2.78 bits per heavy atom. The standard InChI is InChI=1S/C16H21N5OS/c1-16(2,22-4)14-19-15(23-20-14)21(3)10-9-13-17-11-7-5-6-8-12(11)18-13/h5-8H,9-10H2,1-4H3,(H,17,18). The summed E-state index contributed by atoms with van der Waals surface area (Å²) in [5, 5.41) is 0.890. The topological polar surface area (TPSA) is 66.9 Å². The summed E-state index contributed by atoms with van der Waals surface area (Å²) in [5.74, 6) is 1.70. The Labute approximate surface area is 139 Å². The highest BCUT2D eigenvalue weighted by Gasteiger charge is 2.25. The summed E-state index contributed by atoms with van der Waals surface area (Å²) in [7, 11) is 3.69. The number of nitrogens with zero attached hydrogens (tertiary/aromatic N) is 4. The van der Waals surface area contributed by atoms with Crippen molar-refractivity contribution in [1.82, 2.24) is 19.3 Å². The van der Waals surface area contributed by atoms with Gasteiger partial charge in [-0.1, -0.05) is 12.1 Å². The first-order chi connectivity index (χ1) is 11.0. The normalized spacial score (nSPS) is 12.0. The molecule has 3 aromatic rings. The average Bonchev–Trinajstić information content (AvgIpc) is 3.19. The van der Waals surface area contributed by atoms with Gasteiger partial charge in [-0.25, -0.2) is 9.97 Å². The number of ether oxygens (including phenoxy) is 1. The van der Waals surface area contributed by atoms with Crippen molar-refractivity contribution in [3.63, 3.8) is 0 Å². The molecule has 0 atom stereocenters. The van der Waals surface area contributed by atoms with E-state index in [1.807, 2.05) is 45.2 Å². The number of likely N-dealkylation sites (N-methyl/N-ethyl adjacent to an activating group) is 1. The Hall–Kier alpha value is -1.99. The van der Waals surface area contributed by atoms with Gasteiger partial charge in [-0.2, -0.15) is 4.37 Å². The quantitative estimate of drug-likeness (QED) is 0.752. The van der Waals surface area contributed by atoms with Gasteiger partial charge >= 0.3 is 0 Å². The minimum absolute atomic E-state index is 0.464. The number of fused-ring (bicyclic) bond motifs is 1. The molecule has 2 heterocycles. The largest absolute Gasteiger partial charge is 0.371 e. The molecular weight excluding hydrogens is 310 g/mol. The highest BCUT2D eigenvalue weighted by Crippen LogP contribution is 2.25. The van der Waals surface area contributed by atoms with Gasteiger partial charge in [0.25, 0.3) is 0 Å². The molecule has 6 nitrogen and oxygen atoms in total. The molecule has 1 N–H and O–H groups in total. The van der Waals surface area contributed by atoms with Crippen molar-refractivity contribution in [2.75, 3.05) is 25.6 Å². The first-order valence-electron chi connectivity index (χ1n) is 7.54. The lowest BCUT2D eigenvalue weighted by atomic mass is 10.1. The number of imidazole rings is 1. The molecular formula is C16H21N5OS. The van der Waals surface area contributed by atoms with Gasteiger partial charge in [-0.05, 0) is 26.0 Å². The highest BCUT2D eigenvalue weighted by molar-refractivity contribution is 7.09. The van der Waals surface area contributed by atoms with E-state index in [0.29, 0.717) is 0 Å². The third-order valence-corrected chi connectivity index (χ3v) is 4.74. The van der Waals surface area contributed by atoms with Crippen molar-refractivity contribution < 1.29 is 4.74 Å². The van der Waals surface area contributed by atoms with Crippen LogP contribution in [0.5, 0.6) is 0 Å². The van der Waals surface area contributed by atoms with Crippen LogP contribution in [-0.4, -0.2) is 40.0 Å². The molecule has 0 aliphatic carbocycles. The summed E-state index contributed by atoms with van der Waals surface area (Å²) in [6.07, 6.45) is 0.827. The molecule has 0 spiro atoms. The van der Waals surface area contributed by atoms with E-state index >= 15 is 0 Å². The van der Waals surface area contributed by atoms with Crippen LogP contribution in [0.25, 0.3) is 11.0 Å². The lowest BCUT2D eigenvalue weighted by Gasteiger charge is -2.19. The number of hydrogen-bond acceptors (Lipinski definition) is 6. The van der Waals surface area contributed by atoms with E-state index in [2.05, 4.69) is 24.2 Å². The van der Waals surface area contributed by atoms with Crippen molar-refractivity contribution in [3.8, 4) is 0 Å². The van der Waals surface area contributed by atoms with Crippen LogP contribution in [0.15, 0.2) is 24.3 Å². The zero-order valence-corrected chi connectivity index (χ0v) is 14.6. The fraction of sp³-hybridized carbons (Fsp3) is 0.438. The molecule has 1 aromatic carbocycles. The minimum atomic E-state index is -0.464. The van der Waals surface area contributed by atoms with Crippen LogP contribution in [-0.2, 0) is 16.8 Å². The summed E-state index contributed by atoms with van der Waals surface area (Å²) < 4.78 is 9.84. The number of H-pyrrole nitrogens is 1. The van der Waals surface area contributed by atoms with Crippen LogP contribution < -0.4 is 4.90 Å². The first-order valence-corrected chi connectivity index (χ1v) is 8.31. The van der Waals surface area contributed by atoms with Gasteiger partial charge in [0.1, 0.15) is 11.4 Å². The number of anilines is 1. The fourth-order valence-electron chi connectivity index (χ4n) is 2.20. The molecule has 23 heavy (non-hydrogen) atoms. The number of benzene rings is 1. The van der Waals surface area contributed by atoms with E-state index in [1.165, 1.54) is 11.5 Å². The molecule has 3 rings (SSSR count). The zero-order chi connectivity index (χ0) is 16.4. The van der Waals surface area contributed by atoms with Crippen molar-refractivity contribution in [3.05, 3.63) is 35.9 Å². The maximum Gasteiger partial charge on any atom is 0.205 e. The molecule has 122 valence electrons. The molecule has 0 saturated heterocycles. The van der Waals surface area contributed by atoms with Crippen LogP contribution in [0, 0.1) is 0 Å². The second kappa shape index (κ2) is 6.25. The number of rotatable bonds is 6. The monoisotopic (exact) mass is 331 g/mol. The maximum absolute atomic E-state index is 5.43. The molecule has 0 aliphatic rings. The molecule has 7 heteroatoms. The predicted octanol–water partition coefficient (Wildman–Crippen LogP) is 2.97. The minimum Gasteiger partial charge on any atom is -0.371 e. The Bertz CT molecular complexity index is 761. The average molecular weight is 331 g/mol. The second-order valence-corrected chi connectivity index (χ2v) is 6.72. The number of methoxy groups -OCH3 is 1. The molecule has 0 bridgehead atoms. The summed E-state index contributed by atoms with van der Waals surface area (Å²) in [5.41, 5.74) is 1.62. The molecule has 0 aliphatic heterocycles. The van der Waals surface area contributed by atoms with E-state index in [4.69, 9.17) is 4.74 Å². The molecule has 0 unspecified atom stereocenters. The van der Waals surface area contributed by atoms with Crippen molar-refractivity contribution >= 4 is 27.7 Å². The van der Waals surface area contributed by atoms with E-state index < -0.39 is 5.60 Å². The van der Waals surface area contributed by atoms with Crippen LogP contribution in [0.3, 0.4) is 0 Å². The Kier molecular flexibility index (Phi) is 4.32. The summed E-state index contributed by atoms with van der Waals surface area (Å²) in [4.78, 5) is 14.6. The van der Waals surface area contributed by atoms with Gasteiger partial charge in [0.2, 0.25) is 5.13 Å². The molecule has 0 saturated carbocycles. The number of aromatic amines is 1. The van der Waals surface area contributed by atoms with Gasteiger partial charge < -0.3 is 14.6 Å². The van der Waals surface area contributed by atoms with E-state index in [1.54, 1.807) is 7.11 Å². The van der Waals surface area contributed by atoms with Crippen LogP contribution in [0.1, 0.15) is 25.5 Å². The van der Waals surface area contributed by atoms with Gasteiger partial charge in [0.15, 0.2) is 5.82 Å². The van der Waals surface area contributed by atoms with Crippen molar-refractivity contribution in [1.29, 1.82) is 0 Å². The molecule has 0 radical (unpaired) electrons. The maximum atomic E-state index is 5.43. The lowest BCUT2D eigenvalue weighted by molar-refractivity contribution is 0.0125. The summed E-state index contributed by atoms with van der Waals surface area (Å²) in [6.45, 7) is 4.75. The number of nitrogens with one attached hydrogen (secondary N) is 1. The Balaban J connectivity index is 1.66. The molecule has 0 amide bonds. The SMILES string of the molecule is COC(C)(C)c1nsc(N(C)CCc2nc3ccccc3[nH]2)n1. The Morgan fingerprint density at radius 1 is 1.26 bits per heavy atom. The van der Waals surface area contributed by atoms with Gasteiger partial charge in [0, 0.05) is 38.7 Å². The van der Waals surface area contributed by atoms with Gasteiger partial charge in [-0.15, -0.1) is 0 Å². The molecule has 0 fully saturated rings. The predicted molar refractivity (Wildman–Crippen MR) is 93.0 cm³/mol. The third kappa shape index (κ3) is 3.35. The number of para-hydroxylation sites is 2. The summed E-state index contributed by atoms with van der Waals surface area (Å²) >= 11 is 1.39.